The Morgan fingerprint density at radius 3 is 2.09 bits per heavy atom. The molecule has 9 heteroatoms. The molecular weight excluding hydrogens is 506 g/mol. The van der Waals surface area contributed by atoms with E-state index in [0.717, 1.165) is 19.9 Å². The van der Waals surface area contributed by atoms with Crippen LogP contribution in [0.2, 0.25) is 0 Å². The second-order valence-electron chi connectivity index (χ2n) is 9.14. The number of nitrogens with one attached hydrogen (secondary N) is 1. The number of aryl methyl sites for hydroxylation is 1. The van der Waals surface area contributed by atoms with Crippen molar-refractivity contribution in [3.8, 4) is 0 Å². The van der Waals surface area contributed by atoms with E-state index in [-0.39, 0.29) is 23.9 Å². The molecule has 33 heavy (non-hydrogen) atoms. The van der Waals surface area contributed by atoms with Crippen LogP contribution in [0.3, 0.4) is 0 Å². The highest BCUT2D eigenvalue weighted by atomic mass is 79.9. The number of amides is 2. The van der Waals surface area contributed by atoms with Gasteiger partial charge in [-0.2, -0.15) is 4.31 Å². The molecule has 0 saturated heterocycles. The highest BCUT2D eigenvalue weighted by molar-refractivity contribution is 9.10. The summed E-state index contributed by atoms with van der Waals surface area (Å²) in [6, 6.07) is 13.1. The Labute approximate surface area is 205 Å². The van der Waals surface area contributed by atoms with Crippen LogP contribution in [0.25, 0.3) is 0 Å². The Morgan fingerprint density at radius 1 is 1.03 bits per heavy atom. The van der Waals surface area contributed by atoms with E-state index in [1.807, 2.05) is 52.0 Å². The van der Waals surface area contributed by atoms with E-state index < -0.39 is 27.5 Å². The molecule has 0 fully saturated rings. The van der Waals surface area contributed by atoms with Gasteiger partial charge >= 0.3 is 0 Å². The fourth-order valence-corrected chi connectivity index (χ4v) is 4.48. The minimum Gasteiger partial charge on any atom is -0.350 e. The zero-order valence-electron chi connectivity index (χ0n) is 19.9. The Balaban J connectivity index is 2.28. The fourth-order valence-electron chi connectivity index (χ4n) is 3.10. The van der Waals surface area contributed by atoms with Gasteiger partial charge in [-0.25, -0.2) is 8.42 Å². The molecule has 7 nitrogen and oxygen atoms in total. The first kappa shape index (κ1) is 27.0. The zero-order chi connectivity index (χ0) is 25.0. The van der Waals surface area contributed by atoms with E-state index in [0.29, 0.717) is 0 Å². The van der Waals surface area contributed by atoms with Crippen LogP contribution < -0.4 is 5.32 Å². The highest BCUT2D eigenvalue weighted by Gasteiger charge is 2.31. The van der Waals surface area contributed by atoms with Crippen molar-refractivity contribution in [2.75, 3.05) is 13.6 Å². The lowest BCUT2D eigenvalue weighted by Crippen LogP contribution is -2.54. The average Bonchev–Trinajstić information content (AvgIpc) is 2.71. The summed E-state index contributed by atoms with van der Waals surface area (Å²) in [5.41, 5.74) is 1.29. The van der Waals surface area contributed by atoms with Gasteiger partial charge in [0.15, 0.2) is 0 Å². The molecule has 2 amide bonds. The van der Waals surface area contributed by atoms with E-state index >= 15 is 0 Å². The lowest BCUT2D eigenvalue weighted by Gasteiger charge is -2.32. The topological polar surface area (TPSA) is 86.8 Å². The number of hydrogen-bond acceptors (Lipinski definition) is 4. The standard InChI is InChI=1S/C24H32BrN3O4S/c1-17-7-13-21(14-8-17)33(31,32)27(6)16-22(29)28(15-19-9-11-20(25)12-10-19)18(2)23(30)26-24(3,4)5/h7-14,18H,15-16H2,1-6H3,(H,26,30)/t18-/m1/s1. The van der Waals surface area contributed by atoms with Gasteiger partial charge in [-0.1, -0.05) is 45.8 Å². The van der Waals surface area contributed by atoms with Crippen LogP contribution in [0.15, 0.2) is 57.9 Å². The van der Waals surface area contributed by atoms with Crippen molar-refractivity contribution in [2.24, 2.45) is 0 Å². The van der Waals surface area contributed by atoms with Crippen LogP contribution >= 0.6 is 15.9 Å². The second-order valence-corrected chi connectivity index (χ2v) is 12.1. The lowest BCUT2D eigenvalue weighted by atomic mass is 10.1. The molecule has 1 N–H and O–H groups in total. The normalized spacial score (nSPS) is 13.0. The van der Waals surface area contributed by atoms with Gasteiger partial charge in [0, 0.05) is 23.6 Å². The molecule has 0 heterocycles. The number of sulfonamides is 1. The summed E-state index contributed by atoms with van der Waals surface area (Å²) in [7, 11) is -2.49. The van der Waals surface area contributed by atoms with Gasteiger partial charge in [0.2, 0.25) is 21.8 Å². The molecule has 0 bridgehead atoms. The second kappa shape index (κ2) is 10.8. The van der Waals surface area contributed by atoms with E-state index in [2.05, 4.69) is 21.2 Å². The van der Waals surface area contributed by atoms with Crippen molar-refractivity contribution < 1.29 is 18.0 Å². The number of carbonyl (C=O) groups is 2. The maximum Gasteiger partial charge on any atom is 0.243 e. The van der Waals surface area contributed by atoms with Crippen molar-refractivity contribution >= 4 is 37.8 Å². The Kier molecular flexibility index (Phi) is 8.84. The lowest BCUT2D eigenvalue weighted by molar-refractivity contribution is -0.141. The first-order chi connectivity index (χ1) is 15.2. The Hall–Kier alpha value is -2.23. The molecule has 0 aliphatic heterocycles. The largest absolute Gasteiger partial charge is 0.350 e. The third kappa shape index (κ3) is 7.65. The van der Waals surface area contributed by atoms with Gasteiger partial charge < -0.3 is 10.2 Å². The number of benzene rings is 2. The van der Waals surface area contributed by atoms with Crippen molar-refractivity contribution in [2.45, 2.75) is 57.6 Å². The van der Waals surface area contributed by atoms with Crippen LogP contribution in [0.5, 0.6) is 0 Å². The van der Waals surface area contributed by atoms with Gasteiger partial charge in [-0.15, -0.1) is 0 Å². The SMILES string of the molecule is Cc1ccc(S(=O)(=O)N(C)CC(=O)N(Cc2ccc(Br)cc2)[C@H](C)C(=O)NC(C)(C)C)cc1. The molecule has 0 aliphatic rings. The molecular formula is C24H32BrN3O4S. The third-order valence-electron chi connectivity index (χ3n) is 5.02. The Morgan fingerprint density at radius 2 is 1.58 bits per heavy atom. The summed E-state index contributed by atoms with van der Waals surface area (Å²) in [4.78, 5) is 27.7. The minimum atomic E-state index is -3.86. The van der Waals surface area contributed by atoms with Gasteiger partial charge in [0.05, 0.1) is 11.4 Å². The summed E-state index contributed by atoms with van der Waals surface area (Å²) in [6.07, 6.45) is 0. The van der Waals surface area contributed by atoms with Crippen molar-refractivity contribution in [3.05, 3.63) is 64.1 Å². The summed E-state index contributed by atoms with van der Waals surface area (Å²) >= 11 is 3.39. The van der Waals surface area contributed by atoms with Gasteiger partial charge in [0.25, 0.3) is 0 Å². The molecule has 0 spiro atoms. The smallest absolute Gasteiger partial charge is 0.243 e. The minimum absolute atomic E-state index is 0.112. The fraction of sp³-hybridized carbons (Fsp3) is 0.417. The molecule has 0 aromatic heterocycles. The molecule has 2 aromatic carbocycles. The third-order valence-corrected chi connectivity index (χ3v) is 7.37. The maximum atomic E-state index is 13.3. The van der Waals surface area contributed by atoms with Crippen LogP contribution in [-0.2, 0) is 26.2 Å². The number of likely N-dealkylation sites (N-methyl/N-ethyl adjacent to an activating group) is 1. The molecule has 0 aliphatic carbocycles. The van der Waals surface area contributed by atoms with Crippen LogP contribution in [0.1, 0.15) is 38.8 Å². The van der Waals surface area contributed by atoms with E-state index in [1.165, 1.54) is 24.1 Å². The first-order valence-corrected chi connectivity index (χ1v) is 12.8. The maximum absolute atomic E-state index is 13.3. The van der Waals surface area contributed by atoms with Crippen LogP contribution in [0.4, 0.5) is 0 Å². The molecule has 2 aromatic rings. The molecule has 0 radical (unpaired) electrons. The number of carbonyl (C=O) groups excluding carboxylic acids is 2. The van der Waals surface area contributed by atoms with E-state index in [9.17, 15) is 18.0 Å². The quantitative estimate of drug-likeness (QED) is 0.556. The number of hydrogen-bond donors (Lipinski definition) is 1. The van der Waals surface area contributed by atoms with E-state index in [4.69, 9.17) is 0 Å². The molecule has 0 unspecified atom stereocenters. The van der Waals surface area contributed by atoms with Gasteiger partial charge in [-0.05, 0) is 64.4 Å². The average molecular weight is 539 g/mol. The summed E-state index contributed by atoms with van der Waals surface area (Å²) in [5.74, 6) is -0.773. The van der Waals surface area contributed by atoms with Gasteiger partial charge in [0.1, 0.15) is 6.04 Å². The summed E-state index contributed by atoms with van der Waals surface area (Å²) in [6.45, 7) is 8.88. The predicted octanol–water partition coefficient (Wildman–Crippen LogP) is 3.71. The Bertz CT molecular complexity index is 1080. The van der Waals surface area contributed by atoms with Crippen LogP contribution in [0, 0.1) is 6.92 Å². The van der Waals surface area contributed by atoms with Crippen molar-refractivity contribution in [3.63, 3.8) is 0 Å². The van der Waals surface area contributed by atoms with Crippen molar-refractivity contribution in [1.82, 2.24) is 14.5 Å². The summed E-state index contributed by atoms with van der Waals surface area (Å²) in [5, 5.41) is 2.89. The number of rotatable bonds is 8. The molecule has 2 rings (SSSR count). The first-order valence-electron chi connectivity index (χ1n) is 10.6. The molecule has 1 atom stereocenters. The number of nitrogens with zero attached hydrogens (tertiary/aromatic N) is 2. The molecule has 180 valence electrons. The van der Waals surface area contributed by atoms with Crippen LogP contribution in [-0.4, -0.2) is 54.6 Å². The number of halogens is 1. The highest BCUT2D eigenvalue weighted by Crippen LogP contribution is 2.18. The molecule has 0 saturated carbocycles. The zero-order valence-corrected chi connectivity index (χ0v) is 22.3. The van der Waals surface area contributed by atoms with Gasteiger partial charge in [-0.3, -0.25) is 9.59 Å². The van der Waals surface area contributed by atoms with Crippen molar-refractivity contribution in [1.29, 1.82) is 0 Å². The predicted molar refractivity (Wildman–Crippen MR) is 133 cm³/mol. The monoisotopic (exact) mass is 537 g/mol. The summed E-state index contributed by atoms with van der Waals surface area (Å²) < 4.78 is 27.8. The van der Waals surface area contributed by atoms with E-state index in [1.54, 1.807) is 19.1 Å².